The molecule has 4 heteroatoms. The molecule has 1 rings (SSSR count). The maximum Gasteiger partial charge on any atom is 0.246 e. The van der Waals surface area contributed by atoms with Crippen LogP contribution in [0.5, 0.6) is 0 Å². The van der Waals surface area contributed by atoms with Crippen molar-refractivity contribution in [2.24, 2.45) is 5.92 Å². The van der Waals surface area contributed by atoms with E-state index in [2.05, 4.69) is 0 Å². The Morgan fingerprint density at radius 2 is 2.33 bits per heavy atom. The second-order valence-corrected chi connectivity index (χ2v) is 3.02. The average Bonchev–Trinajstić information content (AvgIpc) is 2.05. The Bertz CT molecular complexity index is 247. The first-order valence-corrected chi connectivity index (χ1v) is 3.72. The van der Waals surface area contributed by atoms with Crippen molar-refractivity contribution in [3.8, 4) is 0 Å². The Balaban J connectivity index is 2.94. The third-order valence-corrected chi connectivity index (χ3v) is 2.23. The van der Waals surface area contributed by atoms with E-state index in [9.17, 15) is 10.1 Å². The van der Waals surface area contributed by atoms with E-state index in [-0.39, 0.29) is 11.5 Å². The first-order chi connectivity index (χ1) is 5.61. The number of hydrogen-bond acceptors (Lipinski definition) is 3. The molecule has 0 aromatic heterocycles. The highest BCUT2D eigenvalue weighted by molar-refractivity contribution is 5.20. The molecule has 0 unspecified atom stereocenters. The van der Waals surface area contributed by atoms with Crippen molar-refractivity contribution >= 4 is 0 Å². The second kappa shape index (κ2) is 3.06. The molecule has 0 radical (unpaired) electrons. The summed E-state index contributed by atoms with van der Waals surface area (Å²) in [5.41, 5.74) is -1.15. The van der Waals surface area contributed by atoms with Gasteiger partial charge < -0.3 is 5.11 Å². The van der Waals surface area contributed by atoms with E-state index in [0.29, 0.717) is 0 Å². The molecule has 12 heavy (non-hydrogen) atoms. The van der Waals surface area contributed by atoms with Crippen molar-refractivity contribution in [3.63, 3.8) is 0 Å². The molecular weight excluding hydrogens is 158 g/mol. The number of hydrogen-bond donors (Lipinski definition) is 1. The summed E-state index contributed by atoms with van der Waals surface area (Å²) < 4.78 is 0. The Labute approximate surface area is 70.4 Å². The molecule has 66 valence electrons. The SMILES string of the molecule is C[C@]1([N+](=O)[O-])C=CC=C[C@@H]1CO. The number of nitro groups is 1. The van der Waals surface area contributed by atoms with Crippen LogP contribution >= 0.6 is 0 Å². The van der Waals surface area contributed by atoms with Crippen LogP contribution in [0.1, 0.15) is 6.92 Å². The molecule has 0 bridgehead atoms. The smallest absolute Gasteiger partial charge is 0.246 e. The third-order valence-electron chi connectivity index (χ3n) is 2.23. The van der Waals surface area contributed by atoms with Crippen molar-refractivity contribution in [1.29, 1.82) is 0 Å². The zero-order valence-electron chi connectivity index (χ0n) is 6.80. The van der Waals surface area contributed by atoms with Gasteiger partial charge in [0.25, 0.3) is 0 Å². The van der Waals surface area contributed by atoms with E-state index in [1.807, 2.05) is 0 Å². The van der Waals surface area contributed by atoms with Crippen LogP contribution < -0.4 is 0 Å². The van der Waals surface area contributed by atoms with E-state index in [0.717, 1.165) is 0 Å². The molecule has 0 heterocycles. The van der Waals surface area contributed by atoms with E-state index in [4.69, 9.17) is 5.11 Å². The molecule has 0 amide bonds. The first-order valence-electron chi connectivity index (χ1n) is 3.72. The Kier molecular flexibility index (Phi) is 2.28. The summed E-state index contributed by atoms with van der Waals surface area (Å²) in [6, 6.07) is 0. The van der Waals surface area contributed by atoms with Crippen LogP contribution in [0.3, 0.4) is 0 Å². The average molecular weight is 169 g/mol. The second-order valence-electron chi connectivity index (χ2n) is 3.02. The monoisotopic (exact) mass is 169 g/mol. The number of allylic oxidation sites excluding steroid dienone is 2. The third kappa shape index (κ3) is 1.25. The van der Waals surface area contributed by atoms with Crippen LogP contribution in [0.15, 0.2) is 24.3 Å². The largest absolute Gasteiger partial charge is 0.395 e. The lowest BCUT2D eigenvalue weighted by Crippen LogP contribution is -2.42. The fourth-order valence-electron chi connectivity index (χ4n) is 1.21. The van der Waals surface area contributed by atoms with E-state index >= 15 is 0 Å². The fourth-order valence-corrected chi connectivity index (χ4v) is 1.21. The maximum atomic E-state index is 10.7. The zero-order chi connectivity index (χ0) is 9.19. The Morgan fingerprint density at radius 1 is 1.67 bits per heavy atom. The topological polar surface area (TPSA) is 63.4 Å². The van der Waals surface area contributed by atoms with Gasteiger partial charge in [-0.25, -0.2) is 0 Å². The first kappa shape index (κ1) is 8.93. The van der Waals surface area contributed by atoms with Crippen LogP contribution in [0, 0.1) is 16.0 Å². The van der Waals surface area contributed by atoms with Gasteiger partial charge >= 0.3 is 0 Å². The highest BCUT2D eigenvalue weighted by atomic mass is 16.6. The Hall–Kier alpha value is -1.16. The lowest BCUT2D eigenvalue weighted by Gasteiger charge is -2.25. The van der Waals surface area contributed by atoms with Gasteiger partial charge in [-0.2, -0.15) is 0 Å². The molecule has 0 saturated carbocycles. The van der Waals surface area contributed by atoms with Crippen LogP contribution in [-0.2, 0) is 0 Å². The summed E-state index contributed by atoms with van der Waals surface area (Å²) in [6.07, 6.45) is 6.51. The quantitative estimate of drug-likeness (QED) is 0.490. The summed E-state index contributed by atoms with van der Waals surface area (Å²) in [7, 11) is 0. The van der Waals surface area contributed by atoms with E-state index in [1.54, 1.807) is 18.2 Å². The molecule has 0 aromatic carbocycles. The molecule has 1 N–H and O–H groups in total. The van der Waals surface area contributed by atoms with Crippen molar-refractivity contribution in [2.45, 2.75) is 12.5 Å². The van der Waals surface area contributed by atoms with Gasteiger partial charge in [0.1, 0.15) is 0 Å². The number of aliphatic hydroxyl groups is 1. The molecule has 0 aliphatic heterocycles. The molecule has 0 aromatic rings. The number of rotatable bonds is 2. The van der Waals surface area contributed by atoms with Gasteiger partial charge in [-0.15, -0.1) is 0 Å². The van der Waals surface area contributed by atoms with Gasteiger partial charge in [0, 0.05) is 11.8 Å². The molecule has 0 spiro atoms. The van der Waals surface area contributed by atoms with Crippen molar-refractivity contribution in [3.05, 3.63) is 34.4 Å². The molecule has 4 nitrogen and oxygen atoms in total. The molecule has 1 aliphatic rings. The van der Waals surface area contributed by atoms with Crippen molar-refractivity contribution < 1.29 is 10.0 Å². The minimum atomic E-state index is -1.15. The summed E-state index contributed by atoms with van der Waals surface area (Å²) in [6.45, 7) is 1.31. The fraction of sp³-hybridized carbons (Fsp3) is 0.500. The van der Waals surface area contributed by atoms with Gasteiger partial charge in [-0.3, -0.25) is 10.1 Å². The van der Waals surface area contributed by atoms with Crippen LogP contribution in [-0.4, -0.2) is 22.2 Å². The summed E-state index contributed by atoms with van der Waals surface area (Å²) in [5, 5.41) is 19.5. The Morgan fingerprint density at radius 3 is 2.75 bits per heavy atom. The minimum Gasteiger partial charge on any atom is -0.395 e. The predicted molar refractivity (Wildman–Crippen MR) is 44.3 cm³/mol. The normalized spacial score (nSPS) is 33.7. The maximum absolute atomic E-state index is 10.7. The molecule has 0 fully saturated rings. The molecule has 2 atom stereocenters. The standard InChI is InChI=1S/C8H11NO3/c1-8(9(11)12)5-3-2-4-7(8)6-10/h2-5,7,10H,6H2,1H3/t7-,8+/m1/s1. The van der Waals surface area contributed by atoms with Gasteiger partial charge in [-0.05, 0) is 6.08 Å². The highest BCUT2D eigenvalue weighted by Crippen LogP contribution is 2.26. The summed E-state index contributed by atoms with van der Waals surface area (Å²) >= 11 is 0. The number of nitrogens with zero attached hydrogens (tertiary/aromatic N) is 1. The highest BCUT2D eigenvalue weighted by Gasteiger charge is 2.42. The zero-order valence-corrected chi connectivity index (χ0v) is 6.80. The predicted octanol–water partition coefficient (Wildman–Crippen LogP) is 0.756. The number of aliphatic hydroxyl groups excluding tert-OH is 1. The van der Waals surface area contributed by atoms with Gasteiger partial charge in [0.05, 0.1) is 12.5 Å². The van der Waals surface area contributed by atoms with Gasteiger partial charge in [-0.1, -0.05) is 18.2 Å². The molecule has 0 saturated heterocycles. The van der Waals surface area contributed by atoms with Gasteiger partial charge in [0.2, 0.25) is 5.54 Å². The van der Waals surface area contributed by atoms with Gasteiger partial charge in [0.15, 0.2) is 0 Å². The van der Waals surface area contributed by atoms with E-state index in [1.165, 1.54) is 13.0 Å². The minimum absolute atomic E-state index is 0.196. The summed E-state index contributed by atoms with van der Waals surface area (Å²) in [5.74, 6) is -0.419. The van der Waals surface area contributed by atoms with E-state index < -0.39 is 11.5 Å². The van der Waals surface area contributed by atoms with Crippen LogP contribution in [0.2, 0.25) is 0 Å². The summed E-state index contributed by atoms with van der Waals surface area (Å²) in [4.78, 5) is 10.3. The molecule has 1 aliphatic carbocycles. The molecular formula is C8H11NO3. The van der Waals surface area contributed by atoms with Crippen molar-refractivity contribution in [2.75, 3.05) is 6.61 Å². The van der Waals surface area contributed by atoms with Crippen LogP contribution in [0.25, 0.3) is 0 Å². The lowest BCUT2D eigenvalue weighted by molar-refractivity contribution is -0.559. The van der Waals surface area contributed by atoms with Crippen molar-refractivity contribution in [1.82, 2.24) is 0 Å². The lowest BCUT2D eigenvalue weighted by atomic mass is 9.83. The van der Waals surface area contributed by atoms with Crippen LogP contribution in [0.4, 0.5) is 0 Å².